The van der Waals surface area contributed by atoms with Crippen LogP contribution in [0.1, 0.15) is 52.9 Å². The molecule has 5 heteroatoms. The second-order valence-electron chi connectivity index (χ2n) is 5.36. The van der Waals surface area contributed by atoms with Gasteiger partial charge in [-0.25, -0.2) is 4.79 Å². The van der Waals surface area contributed by atoms with E-state index in [1.54, 1.807) is 0 Å². The van der Waals surface area contributed by atoms with Crippen LogP contribution in [-0.2, 0) is 19.0 Å². The molecule has 2 unspecified atom stereocenters. The van der Waals surface area contributed by atoms with Crippen molar-refractivity contribution in [3.8, 4) is 0 Å². The molecular weight excluding hydrogens is 284 g/mol. The van der Waals surface area contributed by atoms with Gasteiger partial charge in [0.1, 0.15) is 6.61 Å². The normalized spacial score (nSPS) is 13.6. The lowest BCUT2D eigenvalue weighted by Gasteiger charge is -2.17. The monoisotopic (exact) mass is 316 g/mol. The molecule has 5 nitrogen and oxygen atoms in total. The van der Waals surface area contributed by atoms with Gasteiger partial charge < -0.3 is 19.3 Å². The van der Waals surface area contributed by atoms with Crippen molar-refractivity contribution in [2.45, 2.75) is 59.2 Å². The van der Waals surface area contributed by atoms with E-state index in [1.807, 2.05) is 6.92 Å². The molecule has 0 radical (unpaired) electrons. The van der Waals surface area contributed by atoms with Gasteiger partial charge >= 0.3 is 5.97 Å². The van der Waals surface area contributed by atoms with Crippen LogP contribution in [0, 0.1) is 5.92 Å². The number of aliphatic hydroxyl groups is 1. The van der Waals surface area contributed by atoms with Gasteiger partial charge in [-0.2, -0.15) is 0 Å². The molecule has 0 heterocycles. The first-order valence-electron chi connectivity index (χ1n) is 8.27. The van der Waals surface area contributed by atoms with Gasteiger partial charge in [-0.05, 0) is 19.3 Å². The minimum absolute atomic E-state index is 0.0564. The molecule has 130 valence electrons. The molecule has 0 spiro atoms. The van der Waals surface area contributed by atoms with Crippen LogP contribution in [0.2, 0.25) is 0 Å². The van der Waals surface area contributed by atoms with Crippen LogP contribution < -0.4 is 0 Å². The number of carbonyl (C=O) groups excluding carboxylic acids is 1. The molecule has 0 fully saturated rings. The van der Waals surface area contributed by atoms with Crippen LogP contribution in [0.3, 0.4) is 0 Å². The molecule has 0 saturated carbocycles. The third-order valence-corrected chi connectivity index (χ3v) is 3.45. The SMILES string of the molecule is C=C(CC(CC)CCCC)C(=O)OC(O)COCCOCC. The zero-order valence-corrected chi connectivity index (χ0v) is 14.3. The summed E-state index contributed by atoms with van der Waals surface area (Å²) in [5, 5.41) is 9.61. The van der Waals surface area contributed by atoms with Crippen molar-refractivity contribution >= 4 is 5.97 Å². The molecule has 0 aliphatic heterocycles. The predicted molar refractivity (Wildman–Crippen MR) is 86.5 cm³/mol. The number of hydrogen-bond donors (Lipinski definition) is 1. The van der Waals surface area contributed by atoms with Crippen LogP contribution >= 0.6 is 0 Å². The largest absolute Gasteiger partial charge is 0.430 e. The predicted octanol–water partition coefficient (Wildman–Crippen LogP) is 3.06. The Bertz CT molecular complexity index is 303. The van der Waals surface area contributed by atoms with Gasteiger partial charge in [-0.15, -0.1) is 0 Å². The van der Waals surface area contributed by atoms with Crippen molar-refractivity contribution in [1.82, 2.24) is 0 Å². The minimum atomic E-state index is -1.26. The standard InChI is InChI=1S/C17H32O5/c1-5-8-9-15(6-2)12-14(4)17(19)22-16(18)13-21-11-10-20-7-3/h15-16,18H,4-13H2,1-3H3. The highest BCUT2D eigenvalue weighted by Gasteiger charge is 2.17. The van der Waals surface area contributed by atoms with E-state index in [4.69, 9.17) is 14.2 Å². The number of hydrogen-bond acceptors (Lipinski definition) is 5. The van der Waals surface area contributed by atoms with Crippen molar-refractivity contribution in [1.29, 1.82) is 0 Å². The van der Waals surface area contributed by atoms with E-state index < -0.39 is 12.3 Å². The van der Waals surface area contributed by atoms with Gasteiger partial charge in [0.2, 0.25) is 6.29 Å². The lowest BCUT2D eigenvalue weighted by Crippen LogP contribution is -2.25. The number of carbonyl (C=O) groups is 1. The van der Waals surface area contributed by atoms with Crippen LogP contribution in [0.5, 0.6) is 0 Å². The smallest absolute Gasteiger partial charge is 0.335 e. The van der Waals surface area contributed by atoms with Crippen molar-refractivity contribution in [3.05, 3.63) is 12.2 Å². The van der Waals surface area contributed by atoms with E-state index in [1.165, 1.54) is 0 Å². The quantitative estimate of drug-likeness (QED) is 0.231. The van der Waals surface area contributed by atoms with Crippen molar-refractivity contribution in [3.63, 3.8) is 0 Å². The van der Waals surface area contributed by atoms with Crippen molar-refractivity contribution in [2.24, 2.45) is 5.92 Å². The highest BCUT2D eigenvalue weighted by molar-refractivity contribution is 5.87. The molecule has 1 N–H and O–H groups in total. The molecule has 0 aromatic rings. The van der Waals surface area contributed by atoms with Gasteiger partial charge in [-0.1, -0.05) is 46.1 Å². The summed E-state index contributed by atoms with van der Waals surface area (Å²) < 4.78 is 15.2. The molecule has 0 aliphatic rings. The van der Waals surface area contributed by atoms with Crippen molar-refractivity contribution in [2.75, 3.05) is 26.4 Å². The van der Waals surface area contributed by atoms with Gasteiger partial charge in [0.15, 0.2) is 0 Å². The molecule has 0 rings (SSSR count). The number of rotatable bonds is 14. The van der Waals surface area contributed by atoms with E-state index in [9.17, 15) is 9.90 Å². The number of unbranched alkanes of at least 4 members (excludes halogenated alkanes) is 1. The van der Waals surface area contributed by atoms with Crippen LogP contribution in [0.15, 0.2) is 12.2 Å². The third kappa shape index (κ3) is 10.8. The molecule has 0 aliphatic carbocycles. The Hall–Kier alpha value is -0.910. The van der Waals surface area contributed by atoms with Gasteiger partial charge in [-0.3, -0.25) is 0 Å². The number of esters is 1. The summed E-state index contributed by atoms with van der Waals surface area (Å²) in [5.74, 6) is -0.101. The zero-order valence-electron chi connectivity index (χ0n) is 14.3. The van der Waals surface area contributed by atoms with Gasteiger partial charge in [0, 0.05) is 12.2 Å². The fourth-order valence-corrected chi connectivity index (χ4v) is 2.06. The van der Waals surface area contributed by atoms with Crippen LogP contribution in [0.4, 0.5) is 0 Å². The molecule has 2 atom stereocenters. The van der Waals surface area contributed by atoms with Gasteiger partial charge in [0.25, 0.3) is 0 Å². The fraction of sp³-hybridized carbons (Fsp3) is 0.824. The highest BCUT2D eigenvalue weighted by Crippen LogP contribution is 2.21. The Kier molecular flexibility index (Phi) is 13.2. The van der Waals surface area contributed by atoms with E-state index in [0.717, 1.165) is 25.7 Å². The fourth-order valence-electron chi connectivity index (χ4n) is 2.06. The Balaban J connectivity index is 3.94. The van der Waals surface area contributed by atoms with Gasteiger partial charge in [0.05, 0.1) is 13.2 Å². The summed E-state index contributed by atoms with van der Waals surface area (Å²) in [6.45, 7) is 11.3. The van der Waals surface area contributed by atoms with E-state index in [2.05, 4.69) is 20.4 Å². The molecule has 0 bridgehead atoms. The molecule has 0 amide bonds. The van der Waals surface area contributed by atoms with Crippen LogP contribution in [-0.4, -0.2) is 43.8 Å². The Labute approximate surface area is 134 Å². The summed E-state index contributed by atoms with van der Waals surface area (Å²) in [5.41, 5.74) is 0.413. The molecule has 0 aromatic carbocycles. The second kappa shape index (κ2) is 13.7. The van der Waals surface area contributed by atoms with E-state index in [0.29, 0.717) is 37.7 Å². The summed E-state index contributed by atoms with van der Waals surface area (Å²) in [6.07, 6.45) is 3.74. The average molecular weight is 316 g/mol. The first kappa shape index (κ1) is 21.1. The molecule has 22 heavy (non-hydrogen) atoms. The summed E-state index contributed by atoms with van der Waals surface area (Å²) >= 11 is 0. The molecular formula is C17H32O5. The molecule has 0 aromatic heterocycles. The maximum atomic E-state index is 11.9. The summed E-state index contributed by atoms with van der Waals surface area (Å²) in [4.78, 5) is 11.9. The molecule has 0 saturated heterocycles. The Morgan fingerprint density at radius 3 is 2.45 bits per heavy atom. The number of ether oxygens (including phenoxy) is 3. The second-order valence-corrected chi connectivity index (χ2v) is 5.36. The highest BCUT2D eigenvalue weighted by atomic mass is 16.7. The Morgan fingerprint density at radius 1 is 1.18 bits per heavy atom. The van der Waals surface area contributed by atoms with E-state index in [-0.39, 0.29) is 6.61 Å². The van der Waals surface area contributed by atoms with Crippen LogP contribution in [0.25, 0.3) is 0 Å². The lowest BCUT2D eigenvalue weighted by molar-refractivity contribution is -0.173. The first-order chi connectivity index (χ1) is 10.5. The van der Waals surface area contributed by atoms with Crippen molar-refractivity contribution < 1.29 is 24.1 Å². The lowest BCUT2D eigenvalue weighted by atomic mass is 9.92. The summed E-state index contributed by atoms with van der Waals surface area (Å²) in [7, 11) is 0. The topological polar surface area (TPSA) is 65.0 Å². The average Bonchev–Trinajstić information content (AvgIpc) is 2.50. The zero-order chi connectivity index (χ0) is 16.8. The third-order valence-electron chi connectivity index (χ3n) is 3.45. The maximum Gasteiger partial charge on any atom is 0.335 e. The summed E-state index contributed by atoms with van der Waals surface area (Å²) in [6, 6.07) is 0. The minimum Gasteiger partial charge on any atom is -0.430 e. The Morgan fingerprint density at radius 2 is 1.86 bits per heavy atom. The number of aliphatic hydroxyl groups excluding tert-OH is 1. The van der Waals surface area contributed by atoms with E-state index >= 15 is 0 Å². The first-order valence-corrected chi connectivity index (χ1v) is 8.27. The maximum absolute atomic E-state index is 11.9.